The van der Waals surface area contributed by atoms with Gasteiger partial charge in [0.05, 0.1) is 46.7 Å². The van der Waals surface area contributed by atoms with Gasteiger partial charge in [-0.25, -0.2) is 0 Å². The van der Waals surface area contributed by atoms with E-state index in [4.69, 9.17) is 37.9 Å². The van der Waals surface area contributed by atoms with Gasteiger partial charge >= 0.3 is 47.8 Å². The zero-order valence-corrected chi connectivity index (χ0v) is 59.0. The lowest BCUT2D eigenvalue weighted by Crippen LogP contribution is -2.47. The summed E-state index contributed by atoms with van der Waals surface area (Å²) in [5.41, 5.74) is 0. The van der Waals surface area contributed by atoms with Gasteiger partial charge in [0.15, 0.2) is 0 Å². The topological polar surface area (TPSA) is 223 Å². The van der Waals surface area contributed by atoms with Crippen LogP contribution in [0.5, 0.6) is 0 Å². The van der Waals surface area contributed by atoms with E-state index in [2.05, 4.69) is 43.9 Å². The van der Waals surface area contributed by atoms with Crippen molar-refractivity contribution in [3.63, 3.8) is 0 Å². The Morgan fingerprint density at radius 2 is 0.567 bits per heavy atom. The van der Waals surface area contributed by atoms with Gasteiger partial charge in [0, 0.05) is 52.4 Å². The second-order valence-electron chi connectivity index (χ2n) is 21.5. The molecule has 4 unspecified atom stereocenters. The fourth-order valence-corrected chi connectivity index (χ4v) is 12.2. The molecule has 90 heavy (non-hydrogen) atoms. The number of piperazine rings is 1. The van der Waals surface area contributed by atoms with Crippen molar-refractivity contribution < 1.29 is 76.3 Å². The first-order valence-electron chi connectivity index (χ1n) is 32.6. The highest BCUT2D eigenvalue weighted by molar-refractivity contribution is 8.01. The summed E-state index contributed by atoms with van der Waals surface area (Å²) >= 11 is 6.15. The van der Waals surface area contributed by atoms with E-state index >= 15 is 0 Å². The van der Waals surface area contributed by atoms with Crippen LogP contribution in [0.15, 0.2) is 48.6 Å². The fraction of sp³-hybridized carbons (Fsp3) is 0.758. The smallest absolute Gasteiger partial charge is 0.318 e. The number of hydrogen-bond acceptors (Lipinski definition) is 24. The predicted molar refractivity (Wildman–Crippen MR) is 365 cm³/mol. The van der Waals surface area contributed by atoms with Crippen molar-refractivity contribution >= 4 is 94.8 Å². The van der Waals surface area contributed by atoms with Crippen molar-refractivity contribution in [3.05, 3.63) is 48.6 Å². The molecule has 0 aromatic carbocycles. The van der Waals surface area contributed by atoms with E-state index in [1.54, 1.807) is 0 Å². The SMILES string of the molecule is C/C=C/CCCSC(C)C(=O)OCCOC(=O)CCN(CCCN1CCN(CCCN(CCC(=O)OCCOC(=O)C(C)SCCC/C=C/C)CCC(=O)OCCOC(=O)C(C)SCCC/C=C/C)CC1)CCC(=O)OCCOC(=O)C(C)SCCC/C=C/C. The van der Waals surface area contributed by atoms with Crippen LogP contribution in [0.4, 0.5) is 0 Å². The summed E-state index contributed by atoms with van der Waals surface area (Å²) in [6.45, 7) is 22.5. The van der Waals surface area contributed by atoms with Crippen molar-refractivity contribution in [2.24, 2.45) is 0 Å². The largest absolute Gasteiger partial charge is 0.462 e. The lowest BCUT2D eigenvalue weighted by atomic mass is 10.2. The molecule has 0 bridgehead atoms. The van der Waals surface area contributed by atoms with Crippen molar-refractivity contribution in [1.82, 2.24) is 19.6 Å². The van der Waals surface area contributed by atoms with Crippen molar-refractivity contribution in [1.29, 1.82) is 0 Å². The van der Waals surface area contributed by atoms with Crippen molar-refractivity contribution in [3.8, 4) is 0 Å². The summed E-state index contributed by atoms with van der Waals surface area (Å²) < 4.78 is 43.1. The van der Waals surface area contributed by atoms with Crippen molar-refractivity contribution in [2.45, 2.75) is 166 Å². The van der Waals surface area contributed by atoms with Gasteiger partial charge in [-0.05, 0) is 169 Å². The summed E-state index contributed by atoms with van der Waals surface area (Å²) in [5.74, 6) is 0.263. The summed E-state index contributed by atoms with van der Waals surface area (Å²) in [7, 11) is 0. The number of hydrogen-bond donors (Lipinski definition) is 0. The highest BCUT2D eigenvalue weighted by atomic mass is 32.2. The van der Waals surface area contributed by atoms with E-state index in [9.17, 15) is 38.4 Å². The first-order chi connectivity index (χ1) is 43.5. The van der Waals surface area contributed by atoms with Crippen LogP contribution in [0.3, 0.4) is 0 Å². The molecule has 0 aromatic heterocycles. The molecule has 1 heterocycles. The van der Waals surface area contributed by atoms with Gasteiger partial charge in [-0.15, -0.1) is 47.0 Å². The Balaban J connectivity index is 2.77. The number of ether oxygens (including phenoxy) is 8. The molecular formula is C66H112N4O16S4. The lowest BCUT2D eigenvalue weighted by molar-refractivity contribution is -0.152. The van der Waals surface area contributed by atoms with Crippen LogP contribution in [-0.4, -0.2) is 243 Å². The van der Waals surface area contributed by atoms with Crippen LogP contribution in [-0.2, 0) is 76.3 Å². The molecule has 24 heteroatoms. The second-order valence-corrected chi connectivity index (χ2v) is 27.3. The molecule has 0 N–H and O–H groups in total. The Morgan fingerprint density at radius 3 is 0.789 bits per heavy atom. The molecule has 0 aliphatic carbocycles. The molecule has 0 amide bonds. The third kappa shape index (κ3) is 47.8. The Kier molecular flexibility index (Phi) is 53.8. The molecule has 0 saturated carbocycles. The van der Waals surface area contributed by atoms with Crippen LogP contribution >= 0.6 is 47.0 Å². The first-order valence-corrected chi connectivity index (χ1v) is 36.8. The number of carbonyl (C=O) groups is 8. The third-order valence-corrected chi connectivity index (χ3v) is 18.9. The molecule has 1 saturated heterocycles. The number of nitrogens with zero attached hydrogens (tertiary/aromatic N) is 4. The maximum atomic E-state index is 12.9. The summed E-state index contributed by atoms with van der Waals surface area (Å²) in [5, 5.41) is -1.28. The highest BCUT2D eigenvalue weighted by Crippen LogP contribution is 2.18. The fourth-order valence-electron chi connectivity index (χ4n) is 8.67. The van der Waals surface area contributed by atoms with Crippen LogP contribution in [0.25, 0.3) is 0 Å². The number of rotatable bonds is 56. The van der Waals surface area contributed by atoms with E-state index in [0.717, 1.165) is 126 Å². The molecular weight excluding hydrogens is 1230 g/mol. The predicted octanol–water partition coefficient (Wildman–Crippen LogP) is 9.81. The molecule has 0 spiro atoms. The Bertz CT molecular complexity index is 1810. The number of allylic oxidation sites excluding steroid dienone is 8. The summed E-state index contributed by atoms with van der Waals surface area (Å²) in [6, 6.07) is 0. The van der Waals surface area contributed by atoms with Crippen molar-refractivity contribution in [2.75, 3.05) is 154 Å². The van der Waals surface area contributed by atoms with E-state index < -0.39 is 23.9 Å². The van der Waals surface area contributed by atoms with Gasteiger partial charge in [-0.1, -0.05) is 48.6 Å². The van der Waals surface area contributed by atoms with E-state index in [0.29, 0.717) is 39.3 Å². The van der Waals surface area contributed by atoms with Crippen LogP contribution in [0.1, 0.15) is 145 Å². The zero-order chi connectivity index (χ0) is 66.2. The molecule has 0 aromatic rings. The molecule has 516 valence electrons. The maximum absolute atomic E-state index is 12.9. The number of unbranched alkanes of at least 4 members (excludes halogenated alkanes) is 4. The van der Waals surface area contributed by atoms with Gasteiger partial charge in [0.2, 0.25) is 0 Å². The van der Waals surface area contributed by atoms with Crippen LogP contribution in [0.2, 0.25) is 0 Å². The third-order valence-electron chi connectivity index (χ3n) is 14.1. The molecule has 1 fully saturated rings. The van der Waals surface area contributed by atoms with E-state index in [1.165, 1.54) is 47.0 Å². The maximum Gasteiger partial charge on any atom is 0.318 e. The molecule has 1 aliphatic heterocycles. The molecule has 1 rings (SSSR count). The molecule has 4 atom stereocenters. The van der Waals surface area contributed by atoms with Gasteiger partial charge in [-0.2, -0.15) is 0 Å². The normalized spacial score (nSPS) is 14.5. The van der Waals surface area contributed by atoms with E-state index in [-0.39, 0.29) is 123 Å². The highest BCUT2D eigenvalue weighted by Gasteiger charge is 2.22. The number of thioether (sulfide) groups is 4. The standard InChI is InChI=1S/C66H112N4O16S4/c1-9-13-17-21-51-87-55(5)63(75)83-47-43-79-59(71)27-35-67(36-28-60(72)80-44-48-84-64(76)56(6)88-52-22-18-14-10-2)31-25-33-69-39-41-70(42-40-69)34-26-32-68(37-29-61(73)81-45-49-85-65(77)57(7)89-53-23-19-15-11-3)38-30-62(74)82-46-50-86-66(78)58(8)90-54-24-20-16-12-4/h9-16,55-58H,17-54H2,1-8H3/b13-9+,14-10+,15-11+,16-12+. The average molecular weight is 1350 g/mol. The van der Waals surface area contributed by atoms with Gasteiger partial charge in [-0.3, -0.25) is 38.4 Å². The Labute approximate surface area is 556 Å². The minimum atomic E-state index is -0.433. The average Bonchev–Trinajstić information content (AvgIpc) is 3.47. The Hall–Kier alpha value is -4.04. The zero-order valence-electron chi connectivity index (χ0n) is 55.8. The minimum Gasteiger partial charge on any atom is -0.462 e. The quantitative estimate of drug-likeness (QED) is 0.0239. The monoisotopic (exact) mass is 1340 g/mol. The summed E-state index contributed by atoms with van der Waals surface area (Å²) in [4.78, 5) is 110. The van der Waals surface area contributed by atoms with E-state index in [1.807, 2.05) is 79.7 Å². The lowest BCUT2D eigenvalue weighted by Gasteiger charge is -2.35. The minimum absolute atomic E-state index is 0.0311. The Morgan fingerprint density at radius 1 is 0.344 bits per heavy atom. The summed E-state index contributed by atoms with van der Waals surface area (Å²) in [6.07, 6.45) is 26.0. The number of esters is 8. The van der Waals surface area contributed by atoms with Crippen LogP contribution < -0.4 is 0 Å². The number of carbonyl (C=O) groups excluding carboxylic acids is 8. The molecule has 20 nitrogen and oxygen atoms in total. The first kappa shape index (κ1) is 84.0. The van der Waals surface area contributed by atoms with Crippen LogP contribution in [0, 0.1) is 0 Å². The molecule has 1 aliphatic rings. The second kappa shape index (κ2) is 57.6. The van der Waals surface area contributed by atoms with Gasteiger partial charge < -0.3 is 57.5 Å². The van der Waals surface area contributed by atoms with Gasteiger partial charge in [0.25, 0.3) is 0 Å². The molecule has 0 radical (unpaired) electrons. The van der Waals surface area contributed by atoms with Gasteiger partial charge in [0.1, 0.15) is 52.9 Å².